The first-order valence-corrected chi connectivity index (χ1v) is 8.35. The van der Waals surface area contributed by atoms with Gasteiger partial charge in [0, 0.05) is 17.4 Å². The molecule has 0 spiro atoms. The van der Waals surface area contributed by atoms with Gasteiger partial charge in [0.05, 0.1) is 16.7 Å². The second kappa shape index (κ2) is 6.99. The number of anilines is 2. The third kappa shape index (κ3) is 3.68. The summed E-state index contributed by atoms with van der Waals surface area (Å²) in [4.78, 5) is 37.8. The Morgan fingerprint density at radius 2 is 1.54 bits per heavy atom. The Morgan fingerprint density at radius 1 is 0.929 bits per heavy atom. The van der Waals surface area contributed by atoms with Crippen LogP contribution < -0.4 is 10.6 Å². The topological polar surface area (TPSA) is 78.5 Å². The van der Waals surface area contributed by atoms with Gasteiger partial charge in [-0.15, -0.1) is 0 Å². The number of imide groups is 1. The number of urea groups is 1. The average Bonchev–Trinajstić information content (AvgIpc) is 2.85. The Bertz CT molecular complexity index is 970. The maximum Gasteiger partial charge on any atom is 0.416 e. The van der Waals surface area contributed by atoms with E-state index in [0.29, 0.717) is 0 Å². The second-order valence-corrected chi connectivity index (χ2v) is 6.49. The SMILES string of the molecule is CC(C)N1C(=O)c2ccc(NC(=O)Nc3cccc(C(F)(F)F)c3)cc2C1=O. The van der Waals surface area contributed by atoms with Crippen molar-refractivity contribution in [3.8, 4) is 0 Å². The molecule has 0 fully saturated rings. The summed E-state index contributed by atoms with van der Waals surface area (Å²) in [6, 6.07) is 7.35. The normalized spacial score (nSPS) is 13.7. The molecule has 2 N–H and O–H groups in total. The van der Waals surface area contributed by atoms with Crippen LogP contribution in [-0.4, -0.2) is 28.8 Å². The van der Waals surface area contributed by atoms with Crippen molar-refractivity contribution in [2.45, 2.75) is 26.1 Å². The molecular formula is C19H16F3N3O3. The lowest BCUT2D eigenvalue weighted by molar-refractivity contribution is -0.137. The van der Waals surface area contributed by atoms with E-state index in [4.69, 9.17) is 0 Å². The number of halogens is 3. The Kier molecular flexibility index (Phi) is 4.84. The van der Waals surface area contributed by atoms with E-state index in [2.05, 4.69) is 10.6 Å². The molecule has 0 aromatic heterocycles. The lowest BCUT2D eigenvalue weighted by Crippen LogP contribution is -2.35. The van der Waals surface area contributed by atoms with E-state index in [1.165, 1.54) is 30.3 Å². The van der Waals surface area contributed by atoms with Crippen molar-refractivity contribution in [3.63, 3.8) is 0 Å². The predicted octanol–water partition coefficient (Wildman–Crippen LogP) is 4.35. The smallest absolute Gasteiger partial charge is 0.308 e. The number of nitrogens with zero attached hydrogens (tertiary/aromatic N) is 1. The molecule has 0 bridgehead atoms. The Balaban J connectivity index is 1.75. The van der Waals surface area contributed by atoms with Gasteiger partial charge >= 0.3 is 12.2 Å². The minimum absolute atomic E-state index is 0.0364. The van der Waals surface area contributed by atoms with Gasteiger partial charge in [-0.05, 0) is 50.2 Å². The van der Waals surface area contributed by atoms with Crippen LogP contribution in [-0.2, 0) is 6.18 Å². The molecule has 1 aliphatic heterocycles. The molecule has 0 unspecified atom stereocenters. The minimum atomic E-state index is -4.52. The summed E-state index contributed by atoms with van der Waals surface area (Å²) in [5.41, 5.74) is -0.292. The zero-order valence-electron chi connectivity index (χ0n) is 14.9. The molecule has 0 aliphatic carbocycles. The molecule has 2 aromatic rings. The Morgan fingerprint density at radius 3 is 2.14 bits per heavy atom. The van der Waals surface area contributed by atoms with Gasteiger partial charge in [0.25, 0.3) is 11.8 Å². The monoisotopic (exact) mass is 391 g/mol. The van der Waals surface area contributed by atoms with E-state index in [0.717, 1.165) is 17.0 Å². The number of fused-ring (bicyclic) bond motifs is 1. The standard InChI is InChI=1S/C19H16F3N3O3/c1-10(2)25-16(26)14-7-6-13(9-15(14)17(25)27)24-18(28)23-12-5-3-4-11(8-12)19(20,21)22/h3-10H,1-2H3,(H2,23,24,28). The van der Waals surface area contributed by atoms with E-state index in [1.807, 2.05) is 0 Å². The summed E-state index contributed by atoms with van der Waals surface area (Å²) in [7, 11) is 0. The largest absolute Gasteiger partial charge is 0.416 e. The van der Waals surface area contributed by atoms with Crippen LogP contribution in [0.25, 0.3) is 0 Å². The molecule has 2 aromatic carbocycles. The van der Waals surface area contributed by atoms with Gasteiger partial charge in [0.2, 0.25) is 0 Å². The average molecular weight is 391 g/mol. The molecule has 4 amide bonds. The van der Waals surface area contributed by atoms with Crippen LogP contribution in [0.5, 0.6) is 0 Å². The van der Waals surface area contributed by atoms with Crippen molar-refractivity contribution in [1.29, 1.82) is 0 Å². The summed E-state index contributed by atoms with van der Waals surface area (Å²) in [6.07, 6.45) is -4.52. The molecule has 1 heterocycles. The molecule has 146 valence electrons. The number of amides is 4. The summed E-state index contributed by atoms with van der Waals surface area (Å²) in [5.74, 6) is -0.869. The molecule has 9 heteroatoms. The predicted molar refractivity (Wildman–Crippen MR) is 96.2 cm³/mol. The van der Waals surface area contributed by atoms with Crippen molar-refractivity contribution in [2.24, 2.45) is 0 Å². The van der Waals surface area contributed by atoms with Crippen molar-refractivity contribution >= 4 is 29.2 Å². The fourth-order valence-corrected chi connectivity index (χ4v) is 2.87. The van der Waals surface area contributed by atoms with E-state index < -0.39 is 29.6 Å². The number of alkyl halides is 3. The quantitative estimate of drug-likeness (QED) is 0.764. The molecule has 28 heavy (non-hydrogen) atoms. The molecule has 1 aliphatic rings. The van der Waals surface area contributed by atoms with Gasteiger partial charge < -0.3 is 10.6 Å². The summed E-state index contributed by atoms with van der Waals surface area (Å²) in [6.45, 7) is 3.42. The van der Waals surface area contributed by atoms with E-state index in [1.54, 1.807) is 13.8 Å². The number of nitrogens with one attached hydrogen (secondary N) is 2. The third-order valence-electron chi connectivity index (χ3n) is 4.14. The van der Waals surface area contributed by atoms with Crippen LogP contribution in [0.2, 0.25) is 0 Å². The van der Waals surface area contributed by atoms with Gasteiger partial charge in [0.1, 0.15) is 0 Å². The van der Waals surface area contributed by atoms with Crippen LogP contribution in [0.1, 0.15) is 40.1 Å². The zero-order chi connectivity index (χ0) is 20.6. The number of hydrogen-bond acceptors (Lipinski definition) is 3. The number of carbonyl (C=O) groups excluding carboxylic acids is 3. The van der Waals surface area contributed by atoms with Gasteiger partial charge in [0.15, 0.2) is 0 Å². The van der Waals surface area contributed by atoms with E-state index >= 15 is 0 Å². The number of rotatable bonds is 3. The van der Waals surface area contributed by atoms with Crippen LogP contribution in [0.15, 0.2) is 42.5 Å². The van der Waals surface area contributed by atoms with Crippen molar-refractivity contribution in [3.05, 3.63) is 59.2 Å². The van der Waals surface area contributed by atoms with E-state index in [-0.39, 0.29) is 28.5 Å². The van der Waals surface area contributed by atoms with Crippen LogP contribution >= 0.6 is 0 Å². The zero-order valence-corrected chi connectivity index (χ0v) is 14.9. The lowest BCUT2D eigenvalue weighted by Gasteiger charge is -2.17. The van der Waals surface area contributed by atoms with Crippen LogP contribution in [0.4, 0.5) is 29.3 Å². The Labute approximate surface area is 158 Å². The summed E-state index contributed by atoms with van der Waals surface area (Å²) >= 11 is 0. The van der Waals surface area contributed by atoms with Gasteiger partial charge in [-0.3, -0.25) is 14.5 Å². The molecule has 0 saturated heterocycles. The molecular weight excluding hydrogens is 375 g/mol. The van der Waals surface area contributed by atoms with Gasteiger partial charge in [-0.1, -0.05) is 6.07 Å². The maximum atomic E-state index is 12.7. The van der Waals surface area contributed by atoms with Crippen molar-refractivity contribution in [2.75, 3.05) is 10.6 Å². The first-order valence-electron chi connectivity index (χ1n) is 8.35. The number of benzene rings is 2. The van der Waals surface area contributed by atoms with E-state index in [9.17, 15) is 27.6 Å². The number of carbonyl (C=O) groups is 3. The van der Waals surface area contributed by atoms with Gasteiger partial charge in [-0.25, -0.2) is 4.79 Å². The lowest BCUT2D eigenvalue weighted by atomic mass is 10.1. The highest BCUT2D eigenvalue weighted by atomic mass is 19.4. The molecule has 0 atom stereocenters. The van der Waals surface area contributed by atoms with Crippen molar-refractivity contribution < 1.29 is 27.6 Å². The molecule has 0 radical (unpaired) electrons. The first-order chi connectivity index (χ1) is 13.1. The second-order valence-electron chi connectivity index (χ2n) is 6.49. The fraction of sp³-hybridized carbons (Fsp3) is 0.211. The molecule has 0 saturated carbocycles. The minimum Gasteiger partial charge on any atom is -0.308 e. The fourth-order valence-electron chi connectivity index (χ4n) is 2.87. The highest BCUT2D eigenvalue weighted by Crippen LogP contribution is 2.31. The third-order valence-corrected chi connectivity index (χ3v) is 4.14. The Hall–Kier alpha value is -3.36. The highest BCUT2D eigenvalue weighted by molar-refractivity contribution is 6.22. The molecule has 6 nitrogen and oxygen atoms in total. The first kappa shape index (κ1) is 19.4. The summed E-state index contributed by atoms with van der Waals surface area (Å²) < 4.78 is 38.2. The van der Waals surface area contributed by atoms with Gasteiger partial charge in [-0.2, -0.15) is 13.2 Å². The number of hydrogen-bond donors (Lipinski definition) is 2. The van der Waals surface area contributed by atoms with Crippen LogP contribution in [0.3, 0.4) is 0 Å². The highest BCUT2D eigenvalue weighted by Gasteiger charge is 2.37. The maximum absolute atomic E-state index is 12.7. The van der Waals surface area contributed by atoms with Crippen molar-refractivity contribution in [1.82, 2.24) is 4.90 Å². The van der Waals surface area contributed by atoms with Crippen LogP contribution in [0, 0.1) is 0 Å². The summed E-state index contributed by atoms with van der Waals surface area (Å²) in [5, 5.41) is 4.75. The molecule has 3 rings (SSSR count).